The lowest BCUT2D eigenvalue weighted by Crippen LogP contribution is -2.10. The summed E-state index contributed by atoms with van der Waals surface area (Å²) in [6.07, 6.45) is -8.68. The van der Waals surface area contributed by atoms with Crippen molar-refractivity contribution in [1.82, 2.24) is 9.97 Å². The van der Waals surface area contributed by atoms with Crippen LogP contribution < -0.4 is 0 Å². The zero-order valence-corrected chi connectivity index (χ0v) is 12.7. The van der Waals surface area contributed by atoms with Crippen molar-refractivity contribution in [3.05, 3.63) is 52.2 Å². The summed E-state index contributed by atoms with van der Waals surface area (Å²) in [4.78, 5) is 5.99. The SMILES string of the molecule is N#Cc1ncc(N=[N+]([O-])c2cnc(C#N)c(C(F)(F)F)c2)cc1C(F)(F)F. The number of nitrogens with zero attached hydrogens (tertiary/aromatic N) is 6. The van der Waals surface area contributed by atoms with Crippen molar-refractivity contribution < 1.29 is 31.2 Å². The van der Waals surface area contributed by atoms with Gasteiger partial charge in [0.25, 0.3) is 5.69 Å². The Hall–Kier alpha value is -3.74. The second-order valence-electron chi connectivity index (χ2n) is 4.77. The molecule has 0 fully saturated rings. The molecule has 0 saturated heterocycles. The number of azo groups is 1. The van der Waals surface area contributed by atoms with E-state index >= 15 is 0 Å². The molecule has 0 N–H and O–H groups in total. The number of alkyl halides is 6. The first-order valence-corrected chi connectivity index (χ1v) is 6.61. The average molecular weight is 386 g/mol. The first-order valence-electron chi connectivity index (χ1n) is 6.61. The quantitative estimate of drug-likeness (QED) is 0.333. The van der Waals surface area contributed by atoms with Crippen molar-refractivity contribution in [2.45, 2.75) is 12.4 Å². The summed E-state index contributed by atoms with van der Waals surface area (Å²) in [5.41, 5.74) is -6.35. The van der Waals surface area contributed by atoms with Crippen molar-refractivity contribution in [2.75, 3.05) is 0 Å². The van der Waals surface area contributed by atoms with Crippen molar-refractivity contribution in [2.24, 2.45) is 5.11 Å². The van der Waals surface area contributed by atoms with Crippen LogP contribution >= 0.6 is 0 Å². The fourth-order valence-corrected chi connectivity index (χ4v) is 1.84. The third-order valence-corrected chi connectivity index (χ3v) is 3.00. The van der Waals surface area contributed by atoms with Gasteiger partial charge in [-0.25, -0.2) is 9.97 Å². The van der Waals surface area contributed by atoms with Gasteiger partial charge in [-0.15, -0.1) is 0 Å². The Balaban J connectivity index is 2.53. The molecule has 0 atom stereocenters. The van der Waals surface area contributed by atoms with Crippen LogP contribution in [0.15, 0.2) is 29.6 Å². The zero-order chi connectivity index (χ0) is 20.4. The molecule has 0 saturated carbocycles. The third-order valence-electron chi connectivity index (χ3n) is 3.00. The van der Waals surface area contributed by atoms with Crippen molar-refractivity contribution in [1.29, 1.82) is 10.5 Å². The summed E-state index contributed by atoms with van der Waals surface area (Å²) >= 11 is 0. The molecule has 138 valence electrons. The van der Waals surface area contributed by atoms with E-state index < -0.39 is 51.1 Å². The highest BCUT2D eigenvalue weighted by Gasteiger charge is 2.36. The second kappa shape index (κ2) is 6.87. The summed E-state index contributed by atoms with van der Waals surface area (Å²) in [5, 5.41) is 32.3. The van der Waals surface area contributed by atoms with Crippen LogP contribution in [0.4, 0.5) is 37.7 Å². The summed E-state index contributed by atoms with van der Waals surface area (Å²) in [6, 6.07) is 3.05. The topological polar surface area (TPSA) is 112 Å². The molecule has 0 unspecified atom stereocenters. The smallest absolute Gasteiger partial charge is 0.419 e. The Bertz CT molecular complexity index is 999. The maximum Gasteiger partial charge on any atom is 0.419 e. The lowest BCUT2D eigenvalue weighted by Gasteiger charge is -2.09. The van der Waals surface area contributed by atoms with Crippen LogP contribution in [0.3, 0.4) is 0 Å². The van der Waals surface area contributed by atoms with E-state index in [1.807, 2.05) is 0 Å². The van der Waals surface area contributed by atoms with Crippen LogP contribution in [0.2, 0.25) is 0 Å². The van der Waals surface area contributed by atoms with E-state index in [9.17, 15) is 31.5 Å². The minimum Gasteiger partial charge on any atom is -0.594 e. The van der Waals surface area contributed by atoms with Gasteiger partial charge in [0.15, 0.2) is 17.1 Å². The third kappa shape index (κ3) is 4.27. The molecule has 2 aromatic heterocycles. The Kier molecular flexibility index (Phi) is 4.99. The summed E-state index contributed by atoms with van der Waals surface area (Å²) in [6.45, 7) is 0. The molecule has 0 spiro atoms. The molecule has 7 nitrogen and oxygen atoms in total. The van der Waals surface area contributed by atoms with E-state index in [0.717, 1.165) is 0 Å². The van der Waals surface area contributed by atoms with Crippen LogP contribution in [-0.4, -0.2) is 14.8 Å². The molecule has 13 heteroatoms. The number of hydrogen-bond donors (Lipinski definition) is 0. The van der Waals surface area contributed by atoms with Gasteiger partial charge in [-0.1, -0.05) is 0 Å². The normalized spacial score (nSPS) is 12.4. The van der Waals surface area contributed by atoms with Crippen molar-refractivity contribution in [3.63, 3.8) is 0 Å². The molecular formula is C14H4F6N6O. The van der Waals surface area contributed by atoms with E-state index in [1.165, 1.54) is 12.1 Å². The standard InChI is InChI=1S/C14H4F6N6O/c15-13(16,17)9-1-7(5-23-11(9)3-21)25-26(27)8-2-10(14(18,19)20)12(4-22)24-6-8/h1-2,5-6H. The maximum absolute atomic E-state index is 12.9. The van der Waals surface area contributed by atoms with E-state index in [0.29, 0.717) is 18.5 Å². The summed E-state index contributed by atoms with van der Waals surface area (Å²) in [7, 11) is 0. The summed E-state index contributed by atoms with van der Waals surface area (Å²) in [5.74, 6) is 0. The zero-order valence-electron chi connectivity index (χ0n) is 12.7. The Morgan fingerprint density at radius 3 is 1.85 bits per heavy atom. The minimum atomic E-state index is -4.99. The van der Waals surface area contributed by atoms with Crippen LogP contribution in [0.5, 0.6) is 0 Å². The van der Waals surface area contributed by atoms with E-state index in [2.05, 4.69) is 15.1 Å². The maximum atomic E-state index is 12.9. The Labute approximate surface area is 146 Å². The largest absolute Gasteiger partial charge is 0.594 e. The molecule has 2 heterocycles. The Morgan fingerprint density at radius 2 is 1.37 bits per heavy atom. The molecule has 0 aromatic carbocycles. The van der Waals surface area contributed by atoms with Crippen LogP contribution in [0.1, 0.15) is 22.5 Å². The fourth-order valence-electron chi connectivity index (χ4n) is 1.84. The lowest BCUT2D eigenvalue weighted by atomic mass is 10.2. The van der Waals surface area contributed by atoms with Gasteiger partial charge in [0.1, 0.15) is 18.3 Å². The van der Waals surface area contributed by atoms with Crippen molar-refractivity contribution >= 4 is 11.4 Å². The van der Waals surface area contributed by atoms with E-state index in [1.54, 1.807) is 0 Å². The number of nitriles is 2. The van der Waals surface area contributed by atoms with Gasteiger partial charge in [-0.05, 0) is 10.9 Å². The number of aromatic nitrogens is 2. The predicted octanol–water partition coefficient (Wildman–Crippen LogP) is 4.18. The highest BCUT2D eigenvalue weighted by Crippen LogP contribution is 2.35. The molecule has 0 bridgehead atoms. The monoisotopic (exact) mass is 386 g/mol. The van der Waals surface area contributed by atoms with Gasteiger partial charge in [0.05, 0.1) is 17.3 Å². The molecule has 0 radical (unpaired) electrons. The van der Waals surface area contributed by atoms with Gasteiger partial charge in [0.2, 0.25) is 0 Å². The van der Waals surface area contributed by atoms with Gasteiger partial charge in [-0.3, -0.25) is 0 Å². The van der Waals surface area contributed by atoms with Gasteiger partial charge in [0, 0.05) is 11.2 Å². The molecule has 2 rings (SSSR count). The van der Waals surface area contributed by atoms with Gasteiger partial charge in [-0.2, -0.15) is 36.9 Å². The molecule has 0 aliphatic heterocycles. The number of hydrogen-bond acceptors (Lipinski definition) is 6. The summed E-state index contributed by atoms with van der Waals surface area (Å²) < 4.78 is 77.2. The number of halogens is 6. The number of rotatable bonds is 2. The molecule has 27 heavy (non-hydrogen) atoms. The minimum absolute atomic E-state index is 0.282. The first kappa shape index (κ1) is 19.6. The Morgan fingerprint density at radius 1 is 0.889 bits per heavy atom. The molecule has 0 aliphatic carbocycles. The first-order chi connectivity index (χ1) is 12.5. The highest BCUT2D eigenvalue weighted by atomic mass is 19.4. The van der Waals surface area contributed by atoms with E-state index in [-0.39, 0.29) is 6.07 Å². The molecule has 2 aromatic rings. The molecular weight excluding hydrogens is 382 g/mol. The van der Waals surface area contributed by atoms with Gasteiger partial charge < -0.3 is 5.21 Å². The lowest BCUT2D eigenvalue weighted by molar-refractivity contribution is -0.435. The molecule has 0 aliphatic rings. The highest BCUT2D eigenvalue weighted by molar-refractivity contribution is 5.45. The van der Waals surface area contributed by atoms with Crippen LogP contribution in [-0.2, 0) is 12.4 Å². The average Bonchev–Trinajstić information content (AvgIpc) is 2.59. The number of pyridine rings is 2. The fraction of sp³-hybridized carbons (Fsp3) is 0.143. The van der Waals surface area contributed by atoms with Crippen molar-refractivity contribution in [3.8, 4) is 12.1 Å². The predicted molar refractivity (Wildman–Crippen MR) is 73.3 cm³/mol. The second-order valence-corrected chi connectivity index (χ2v) is 4.77. The van der Waals surface area contributed by atoms with E-state index in [4.69, 9.17) is 10.5 Å². The van der Waals surface area contributed by atoms with Crippen LogP contribution in [0, 0.1) is 27.9 Å². The molecule has 0 amide bonds. The van der Waals surface area contributed by atoms with Gasteiger partial charge >= 0.3 is 12.4 Å². The van der Waals surface area contributed by atoms with Crippen LogP contribution in [0.25, 0.3) is 0 Å².